The standard InChI is InChI=1S/C27H27FN4O2/c1-17-5-4-14-31(3)24-16-32-23(15-22(17)24)25(27(33)29-2)26(30-32)18-6-10-20(11-7-18)34-21-12-8-19(28)9-13-21/h6-13,15-17H,4-5,14H2,1-3H3,(H,29,33). The lowest BCUT2D eigenvalue weighted by Gasteiger charge is -2.20. The average molecular weight is 459 g/mol. The third-order valence-electron chi connectivity index (χ3n) is 6.48. The molecule has 7 heteroatoms. The van der Waals surface area contributed by atoms with E-state index in [1.807, 2.05) is 35.0 Å². The number of carbonyl (C=O) groups excluding carboxylic acids is 1. The van der Waals surface area contributed by atoms with Gasteiger partial charge < -0.3 is 15.0 Å². The number of benzene rings is 2. The minimum Gasteiger partial charge on any atom is -0.457 e. The molecule has 2 aromatic heterocycles. The van der Waals surface area contributed by atoms with Gasteiger partial charge in [-0.15, -0.1) is 0 Å². The molecule has 4 aromatic rings. The zero-order chi connectivity index (χ0) is 23.8. The molecule has 6 nitrogen and oxygen atoms in total. The highest BCUT2D eigenvalue weighted by atomic mass is 19.1. The van der Waals surface area contributed by atoms with Crippen molar-refractivity contribution in [2.75, 3.05) is 25.5 Å². The molecule has 0 bridgehead atoms. The summed E-state index contributed by atoms with van der Waals surface area (Å²) in [5, 5.41) is 7.59. The van der Waals surface area contributed by atoms with Crippen LogP contribution >= 0.6 is 0 Å². The van der Waals surface area contributed by atoms with Crippen molar-refractivity contribution in [3.05, 3.63) is 77.7 Å². The molecule has 2 aromatic carbocycles. The van der Waals surface area contributed by atoms with Crippen LogP contribution in [-0.4, -0.2) is 36.2 Å². The summed E-state index contributed by atoms with van der Waals surface area (Å²) in [6, 6.07) is 15.4. The fraction of sp³-hybridized carbons (Fsp3) is 0.259. The molecule has 0 radical (unpaired) electrons. The molecule has 1 N–H and O–H groups in total. The number of hydrogen-bond donors (Lipinski definition) is 1. The van der Waals surface area contributed by atoms with Crippen LogP contribution in [0.1, 0.15) is 41.6 Å². The molecular weight excluding hydrogens is 431 g/mol. The van der Waals surface area contributed by atoms with Crippen molar-refractivity contribution in [2.24, 2.45) is 0 Å². The summed E-state index contributed by atoms with van der Waals surface area (Å²) < 4.78 is 20.8. The van der Waals surface area contributed by atoms with Crippen LogP contribution in [0.3, 0.4) is 0 Å². The van der Waals surface area contributed by atoms with Crippen molar-refractivity contribution in [1.29, 1.82) is 0 Å². The first-order valence-corrected chi connectivity index (χ1v) is 11.5. The van der Waals surface area contributed by atoms with Gasteiger partial charge >= 0.3 is 0 Å². The Morgan fingerprint density at radius 3 is 2.47 bits per heavy atom. The Morgan fingerprint density at radius 2 is 1.79 bits per heavy atom. The molecule has 1 aliphatic rings. The predicted molar refractivity (Wildman–Crippen MR) is 131 cm³/mol. The van der Waals surface area contributed by atoms with E-state index in [1.165, 1.54) is 17.7 Å². The number of amides is 1. The summed E-state index contributed by atoms with van der Waals surface area (Å²) in [5.74, 6) is 1.08. The van der Waals surface area contributed by atoms with Crippen molar-refractivity contribution < 1.29 is 13.9 Å². The highest BCUT2D eigenvalue weighted by molar-refractivity contribution is 6.06. The first-order valence-electron chi connectivity index (χ1n) is 11.5. The number of ether oxygens (including phenoxy) is 1. The highest BCUT2D eigenvalue weighted by Gasteiger charge is 2.25. The number of anilines is 1. The highest BCUT2D eigenvalue weighted by Crippen LogP contribution is 2.37. The van der Waals surface area contributed by atoms with E-state index in [1.54, 1.807) is 19.2 Å². The topological polar surface area (TPSA) is 58.9 Å². The number of carbonyl (C=O) groups is 1. The number of pyridine rings is 1. The van der Waals surface area contributed by atoms with Crippen LogP contribution in [0.2, 0.25) is 0 Å². The molecule has 0 saturated carbocycles. The van der Waals surface area contributed by atoms with Gasteiger partial charge in [-0.3, -0.25) is 4.79 Å². The van der Waals surface area contributed by atoms with Gasteiger partial charge in [0.15, 0.2) is 0 Å². The minimum atomic E-state index is -0.311. The van der Waals surface area contributed by atoms with Gasteiger partial charge in [0, 0.05) is 26.2 Å². The van der Waals surface area contributed by atoms with Gasteiger partial charge in [-0.05, 0) is 78.9 Å². The molecule has 1 unspecified atom stereocenters. The van der Waals surface area contributed by atoms with E-state index < -0.39 is 0 Å². The fourth-order valence-corrected chi connectivity index (χ4v) is 4.59. The normalized spacial score (nSPS) is 15.6. The van der Waals surface area contributed by atoms with E-state index in [2.05, 4.69) is 30.3 Å². The molecule has 0 aliphatic carbocycles. The Labute approximate surface area is 198 Å². The molecule has 1 atom stereocenters. The number of aromatic nitrogens is 2. The monoisotopic (exact) mass is 458 g/mol. The maximum atomic E-state index is 13.1. The van der Waals surface area contributed by atoms with Crippen molar-refractivity contribution in [3.63, 3.8) is 0 Å². The van der Waals surface area contributed by atoms with Crippen molar-refractivity contribution in [3.8, 4) is 22.8 Å². The molecule has 0 spiro atoms. The molecule has 5 rings (SSSR count). The van der Waals surface area contributed by atoms with Gasteiger partial charge in [0.2, 0.25) is 0 Å². The first-order chi connectivity index (χ1) is 16.4. The lowest BCUT2D eigenvalue weighted by atomic mass is 9.96. The molecule has 34 heavy (non-hydrogen) atoms. The first kappa shape index (κ1) is 21.9. The lowest BCUT2D eigenvalue weighted by molar-refractivity contribution is 0.0965. The largest absolute Gasteiger partial charge is 0.457 e. The van der Waals surface area contributed by atoms with Crippen LogP contribution in [0.25, 0.3) is 16.8 Å². The van der Waals surface area contributed by atoms with E-state index in [4.69, 9.17) is 9.84 Å². The van der Waals surface area contributed by atoms with Crippen LogP contribution in [-0.2, 0) is 0 Å². The Bertz CT molecular complexity index is 1350. The van der Waals surface area contributed by atoms with E-state index in [9.17, 15) is 9.18 Å². The van der Waals surface area contributed by atoms with Crippen LogP contribution < -0.4 is 15.0 Å². The Morgan fingerprint density at radius 1 is 1.12 bits per heavy atom. The van der Waals surface area contributed by atoms with Gasteiger partial charge in [-0.25, -0.2) is 8.91 Å². The van der Waals surface area contributed by atoms with Crippen molar-refractivity contribution in [1.82, 2.24) is 14.9 Å². The molecule has 1 amide bonds. The van der Waals surface area contributed by atoms with Gasteiger partial charge in [0.1, 0.15) is 23.0 Å². The Kier molecular flexibility index (Phi) is 5.69. The Hall–Kier alpha value is -3.87. The number of fused-ring (bicyclic) bond motifs is 2. The number of nitrogens with zero attached hydrogens (tertiary/aromatic N) is 3. The average Bonchev–Trinajstić information content (AvgIpc) is 3.16. The van der Waals surface area contributed by atoms with Crippen molar-refractivity contribution in [2.45, 2.75) is 25.7 Å². The third kappa shape index (κ3) is 3.98. The van der Waals surface area contributed by atoms with Gasteiger partial charge in [0.25, 0.3) is 5.91 Å². The lowest BCUT2D eigenvalue weighted by Crippen LogP contribution is -2.19. The SMILES string of the molecule is CNC(=O)c1c(-c2ccc(Oc3ccc(F)cc3)cc2)nn2cc3c(cc12)C(C)CCCN3C. The van der Waals surface area contributed by atoms with Gasteiger partial charge in [0.05, 0.1) is 23.0 Å². The zero-order valence-corrected chi connectivity index (χ0v) is 19.5. The number of rotatable bonds is 4. The fourth-order valence-electron chi connectivity index (χ4n) is 4.59. The molecular formula is C27H27FN4O2. The molecule has 0 fully saturated rings. The van der Waals surface area contributed by atoms with E-state index >= 15 is 0 Å². The smallest absolute Gasteiger partial charge is 0.255 e. The number of hydrogen-bond acceptors (Lipinski definition) is 4. The van der Waals surface area contributed by atoms with E-state index in [-0.39, 0.29) is 11.7 Å². The summed E-state index contributed by atoms with van der Waals surface area (Å²) in [6.07, 6.45) is 4.28. The van der Waals surface area contributed by atoms with E-state index in [0.717, 1.165) is 36.2 Å². The maximum absolute atomic E-state index is 13.1. The van der Waals surface area contributed by atoms with Gasteiger partial charge in [-0.1, -0.05) is 6.92 Å². The Balaban J connectivity index is 1.57. The summed E-state index contributed by atoms with van der Waals surface area (Å²) in [5.41, 5.74) is 5.16. The number of nitrogens with one attached hydrogen (secondary N) is 1. The molecule has 3 heterocycles. The second kappa shape index (κ2) is 8.82. The quantitative estimate of drug-likeness (QED) is 0.431. The molecule has 174 valence electrons. The summed E-state index contributed by atoms with van der Waals surface area (Å²) in [4.78, 5) is 15.2. The second-order valence-electron chi connectivity index (χ2n) is 8.79. The predicted octanol–water partition coefficient (Wildman–Crippen LogP) is 5.63. The summed E-state index contributed by atoms with van der Waals surface area (Å²) in [7, 11) is 3.74. The third-order valence-corrected chi connectivity index (χ3v) is 6.48. The van der Waals surface area contributed by atoms with Gasteiger partial charge in [-0.2, -0.15) is 5.10 Å². The van der Waals surface area contributed by atoms with E-state index in [0.29, 0.717) is 28.7 Å². The minimum absolute atomic E-state index is 0.175. The maximum Gasteiger partial charge on any atom is 0.255 e. The summed E-state index contributed by atoms with van der Waals surface area (Å²) in [6.45, 7) is 3.24. The second-order valence-corrected chi connectivity index (χ2v) is 8.79. The molecule has 1 aliphatic heterocycles. The molecule has 0 saturated heterocycles. The summed E-state index contributed by atoms with van der Waals surface area (Å²) >= 11 is 0. The number of halogens is 1. The van der Waals surface area contributed by atoms with Crippen LogP contribution in [0.5, 0.6) is 11.5 Å². The zero-order valence-electron chi connectivity index (χ0n) is 19.5. The van der Waals surface area contributed by atoms with Crippen molar-refractivity contribution >= 4 is 17.1 Å². The van der Waals surface area contributed by atoms with Crippen LogP contribution in [0.15, 0.2) is 60.8 Å². The van der Waals surface area contributed by atoms with Crippen LogP contribution in [0.4, 0.5) is 10.1 Å². The van der Waals surface area contributed by atoms with Crippen LogP contribution in [0, 0.1) is 5.82 Å².